The van der Waals surface area contributed by atoms with E-state index >= 15 is 0 Å². The minimum absolute atomic E-state index is 0.501. The van der Waals surface area contributed by atoms with Crippen molar-refractivity contribution in [2.24, 2.45) is 4.99 Å². The van der Waals surface area contributed by atoms with Crippen LogP contribution >= 0.6 is 0 Å². The number of rotatable bonds is 8. The summed E-state index contributed by atoms with van der Waals surface area (Å²) >= 11 is 0. The molecule has 2 N–H and O–H groups in total. The van der Waals surface area contributed by atoms with E-state index < -0.39 is 0 Å². The van der Waals surface area contributed by atoms with Crippen molar-refractivity contribution in [1.29, 1.82) is 0 Å². The summed E-state index contributed by atoms with van der Waals surface area (Å²) in [5.41, 5.74) is 2.45. The molecule has 0 amide bonds. The summed E-state index contributed by atoms with van der Waals surface area (Å²) in [4.78, 5) is 7.37. The molecule has 0 aromatic heterocycles. The van der Waals surface area contributed by atoms with Crippen LogP contribution in [0.2, 0.25) is 0 Å². The molecule has 1 heterocycles. The van der Waals surface area contributed by atoms with E-state index in [1.165, 1.54) is 24.0 Å². The molecule has 0 saturated carbocycles. The highest BCUT2D eigenvalue weighted by atomic mass is 16.5. The van der Waals surface area contributed by atoms with Gasteiger partial charge in [0.05, 0.1) is 13.2 Å². The molecule has 0 bridgehead atoms. The number of hydrogen-bond donors (Lipinski definition) is 2. The topological polar surface area (TPSA) is 48.9 Å². The van der Waals surface area contributed by atoms with Gasteiger partial charge in [-0.05, 0) is 51.7 Å². The maximum absolute atomic E-state index is 5.58. The minimum Gasteiger partial charge on any atom is -0.377 e. The Labute approximate surface area is 159 Å². The molecule has 0 radical (unpaired) electrons. The van der Waals surface area contributed by atoms with Gasteiger partial charge >= 0.3 is 0 Å². The van der Waals surface area contributed by atoms with Crippen LogP contribution < -0.4 is 10.6 Å². The lowest BCUT2D eigenvalue weighted by molar-refractivity contribution is 0.133. The smallest absolute Gasteiger partial charge is 0.191 e. The monoisotopic (exact) mass is 360 g/mol. The van der Waals surface area contributed by atoms with Crippen LogP contribution in [0.25, 0.3) is 0 Å². The average molecular weight is 361 g/mol. The van der Waals surface area contributed by atoms with E-state index in [9.17, 15) is 0 Å². The van der Waals surface area contributed by atoms with Crippen LogP contribution in [0.5, 0.6) is 0 Å². The second-order valence-corrected chi connectivity index (χ2v) is 7.15. The Hall–Kier alpha value is -1.59. The van der Waals surface area contributed by atoms with Crippen LogP contribution in [0.1, 0.15) is 51.7 Å². The molecule has 146 valence electrons. The van der Waals surface area contributed by atoms with Crippen molar-refractivity contribution >= 4 is 5.96 Å². The van der Waals surface area contributed by atoms with Gasteiger partial charge in [0.25, 0.3) is 0 Å². The summed E-state index contributed by atoms with van der Waals surface area (Å²) in [7, 11) is 0. The van der Waals surface area contributed by atoms with E-state index in [4.69, 9.17) is 9.73 Å². The normalized spacial score (nSPS) is 16.9. The van der Waals surface area contributed by atoms with Crippen LogP contribution in [-0.2, 0) is 17.9 Å². The Morgan fingerprint density at radius 3 is 2.50 bits per heavy atom. The van der Waals surface area contributed by atoms with Gasteiger partial charge in [-0.1, -0.05) is 24.3 Å². The predicted molar refractivity (Wildman–Crippen MR) is 109 cm³/mol. The zero-order chi connectivity index (χ0) is 18.8. The minimum atomic E-state index is 0.501. The summed E-state index contributed by atoms with van der Waals surface area (Å²) < 4.78 is 5.58. The number of likely N-dealkylation sites (tertiary alicyclic amines) is 1. The molecule has 0 atom stereocenters. The van der Waals surface area contributed by atoms with Gasteiger partial charge in [0.1, 0.15) is 0 Å². The van der Waals surface area contributed by atoms with Crippen molar-refractivity contribution in [1.82, 2.24) is 15.5 Å². The first-order valence-corrected chi connectivity index (χ1v) is 10.1. The molecule has 5 heteroatoms. The van der Waals surface area contributed by atoms with E-state index in [1.54, 1.807) is 0 Å². The summed E-state index contributed by atoms with van der Waals surface area (Å²) in [5.74, 6) is 0.918. The maximum Gasteiger partial charge on any atom is 0.191 e. The lowest BCUT2D eigenvalue weighted by Crippen LogP contribution is -2.49. The fourth-order valence-electron chi connectivity index (χ4n) is 3.30. The van der Waals surface area contributed by atoms with Crippen molar-refractivity contribution < 1.29 is 4.74 Å². The van der Waals surface area contributed by atoms with Crippen molar-refractivity contribution in [3.8, 4) is 0 Å². The third-order valence-corrected chi connectivity index (χ3v) is 4.93. The average Bonchev–Trinajstić information content (AvgIpc) is 2.65. The lowest BCUT2D eigenvalue weighted by atomic mass is 10.0. The molecule has 0 spiro atoms. The Bertz CT molecular complexity index is 551. The molecule has 1 aliphatic heterocycles. The van der Waals surface area contributed by atoms with E-state index in [0.29, 0.717) is 25.2 Å². The molecule has 1 saturated heterocycles. The van der Waals surface area contributed by atoms with Gasteiger partial charge in [-0.2, -0.15) is 0 Å². The molecule has 1 aromatic carbocycles. The molecular formula is C21H36N4O. The summed E-state index contributed by atoms with van der Waals surface area (Å²) in [6.45, 7) is 13.9. The summed E-state index contributed by atoms with van der Waals surface area (Å²) in [6.07, 6.45) is 2.34. The SMILES string of the molecule is CCNC(=NCc1ccccc1COCC)NC1CCN(C(C)C)CC1. The van der Waals surface area contributed by atoms with Crippen LogP contribution in [0.3, 0.4) is 0 Å². The van der Waals surface area contributed by atoms with Gasteiger partial charge in [0, 0.05) is 38.3 Å². The maximum atomic E-state index is 5.58. The molecular weight excluding hydrogens is 324 g/mol. The highest BCUT2D eigenvalue weighted by Crippen LogP contribution is 2.14. The molecule has 0 aliphatic carbocycles. The van der Waals surface area contributed by atoms with Crippen molar-refractivity contribution in [2.75, 3.05) is 26.2 Å². The third-order valence-electron chi connectivity index (χ3n) is 4.93. The quantitative estimate of drug-likeness (QED) is 0.552. The first-order chi connectivity index (χ1) is 12.6. The second-order valence-electron chi connectivity index (χ2n) is 7.15. The second kappa shape index (κ2) is 11.2. The Morgan fingerprint density at radius 1 is 1.19 bits per heavy atom. The molecule has 1 aromatic rings. The molecule has 1 fully saturated rings. The number of guanidine groups is 1. The Kier molecular flexibility index (Phi) is 8.92. The van der Waals surface area contributed by atoms with Gasteiger partial charge in [0.2, 0.25) is 0 Å². The van der Waals surface area contributed by atoms with Crippen LogP contribution in [0, 0.1) is 0 Å². The number of nitrogens with one attached hydrogen (secondary N) is 2. The molecule has 5 nitrogen and oxygen atoms in total. The number of piperidine rings is 1. The fraction of sp³-hybridized carbons (Fsp3) is 0.667. The number of nitrogens with zero attached hydrogens (tertiary/aromatic N) is 2. The highest BCUT2D eigenvalue weighted by Gasteiger charge is 2.21. The van der Waals surface area contributed by atoms with Crippen LogP contribution in [0.15, 0.2) is 29.3 Å². The zero-order valence-electron chi connectivity index (χ0n) is 16.9. The van der Waals surface area contributed by atoms with Crippen molar-refractivity contribution in [3.05, 3.63) is 35.4 Å². The first-order valence-electron chi connectivity index (χ1n) is 10.1. The number of hydrogen-bond acceptors (Lipinski definition) is 3. The Balaban J connectivity index is 1.95. The molecule has 0 unspecified atom stereocenters. The number of aliphatic imine (C=N–C) groups is 1. The van der Waals surface area contributed by atoms with Gasteiger partial charge in [-0.25, -0.2) is 4.99 Å². The standard InChI is InChI=1S/C21H36N4O/c1-5-22-21(24-20-11-13-25(14-12-20)17(3)4)23-15-18-9-7-8-10-19(18)16-26-6-2/h7-10,17,20H,5-6,11-16H2,1-4H3,(H2,22,23,24). The van der Waals surface area contributed by atoms with Crippen molar-refractivity contribution in [2.45, 2.75) is 65.8 Å². The summed E-state index contributed by atoms with van der Waals surface area (Å²) in [6, 6.07) is 9.54. The third kappa shape index (κ3) is 6.61. The van der Waals surface area contributed by atoms with E-state index in [0.717, 1.165) is 32.2 Å². The highest BCUT2D eigenvalue weighted by molar-refractivity contribution is 5.80. The van der Waals surface area contributed by atoms with E-state index in [-0.39, 0.29) is 0 Å². The van der Waals surface area contributed by atoms with Gasteiger partial charge in [0.15, 0.2) is 5.96 Å². The Morgan fingerprint density at radius 2 is 1.88 bits per heavy atom. The van der Waals surface area contributed by atoms with Gasteiger partial charge < -0.3 is 20.3 Å². The molecule has 1 aliphatic rings. The van der Waals surface area contributed by atoms with Crippen molar-refractivity contribution in [3.63, 3.8) is 0 Å². The van der Waals surface area contributed by atoms with Crippen LogP contribution in [-0.4, -0.2) is 49.2 Å². The van der Waals surface area contributed by atoms with E-state index in [1.807, 2.05) is 6.92 Å². The first kappa shape index (κ1) is 20.7. The lowest BCUT2D eigenvalue weighted by Gasteiger charge is -2.35. The molecule has 26 heavy (non-hydrogen) atoms. The number of benzene rings is 1. The van der Waals surface area contributed by atoms with Crippen LogP contribution in [0.4, 0.5) is 0 Å². The van der Waals surface area contributed by atoms with Gasteiger partial charge in [-0.3, -0.25) is 0 Å². The molecule has 2 rings (SSSR count). The predicted octanol–water partition coefficient (Wildman–Crippen LogP) is 3.15. The van der Waals surface area contributed by atoms with Gasteiger partial charge in [-0.15, -0.1) is 0 Å². The largest absolute Gasteiger partial charge is 0.377 e. The van der Waals surface area contributed by atoms with E-state index in [2.05, 4.69) is 60.6 Å². The summed E-state index contributed by atoms with van der Waals surface area (Å²) in [5, 5.41) is 7.02. The fourth-order valence-corrected chi connectivity index (χ4v) is 3.30. The number of ether oxygens (including phenoxy) is 1. The zero-order valence-corrected chi connectivity index (χ0v) is 16.9.